The van der Waals surface area contributed by atoms with Crippen molar-refractivity contribution in [3.05, 3.63) is 29.3 Å². The second kappa shape index (κ2) is 4.69. The number of hydrogen-bond acceptors (Lipinski definition) is 2. The minimum atomic E-state index is 0.352. The summed E-state index contributed by atoms with van der Waals surface area (Å²) in [6.45, 7) is 5.45. The molecule has 2 atom stereocenters. The Kier molecular flexibility index (Phi) is 3.43. The van der Waals surface area contributed by atoms with Crippen molar-refractivity contribution in [3.8, 4) is 5.75 Å². The highest BCUT2D eigenvalue weighted by Crippen LogP contribution is 2.56. The maximum absolute atomic E-state index is 5.44. The van der Waals surface area contributed by atoms with Crippen LogP contribution in [0.15, 0.2) is 18.2 Å². The summed E-state index contributed by atoms with van der Waals surface area (Å²) in [7, 11) is 3.79. The van der Waals surface area contributed by atoms with E-state index in [0.717, 1.165) is 18.2 Å². The zero-order valence-corrected chi connectivity index (χ0v) is 11.3. The number of methoxy groups -OCH3 is 1. The molecule has 1 aliphatic rings. The number of benzene rings is 1. The molecule has 0 saturated heterocycles. The summed E-state index contributed by atoms with van der Waals surface area (Å²) in [5, 5.41) is 3.34. The molecule has 1 aromatic rings. The fourth-order valence-electron chi connectivity index (χ4n) is 3.03. The summed E-state index contributed by atoms with van der Waals surface area (Å²) in [5.41, 5.74) is 3.00. The van der Waals surface area contributed by atoms with Gasteiger partial charge < -0.3 is 10.1 Å². The van der Waals surface area contributed by atoms with Crippen LogP contribution in [0, 0.1) is 12.8 Å². The quantitative estimate of drug-likeness (QED) is 0.844. The predicted molar refractivity (Wildman–Crippen MR) is 71.7 cm³/mol. The molecule has 2 unspecified atom stereocenters. The molecule has 0 radical (unpaired) electrons. The topological polar surface area (TPSA) is 21.3 Å². The molecular formula is C15H23NO. The van der Waals surface area contributed by atoms with E-state index >= 15 is 0 Å². The largest absolute Gasteiger partial charge is 0.496 e. The van der Waals surface area contributed by atoms with Gasteiger partial charge in [-0.15, -0.1) is 0 Å². The molecule has 1 fully saturated rings. The van der Waals surface area contributed by atoms with Gasteiger partial charge in [0.2, 0.25) is 0 Å². The molecule has 0 spiro atoms. The first kappa shape index (κ1) is 12.4. The Morgan fingerprint density at radius 2 is 2.24 bits per heavy atom. The van der Waals surface area contributed by atoms with Gasteiger partial charge in [-0.05, 0) is 43.5 Å². The van der Waals surface area contributed by atoms with Gasteiger partial charge in [-0.2, -0.15) is 0 Å². The lowest BCUT2D eigenvalue weighted by atomic mass is 9.91. The molecule has 0 amide bonds. The highest BCUT2D eigenvalue weighted by atomic mass is 16.5. The van der Waals surface area contributed by atoms with Gasteiger partial charge in [0.25, 0.3) is 0 Å². The maximum atomic E-state index is 5.44. The lowest BCUT2D eigenvalue weighted by Crippen LogP contribution is -2.25. The van der Waals surface area contributed by atoms with E-state index in [1.54, 1.807) is 7.11 Å². The third kappa shape index (κ3) is 2.06. The third-order valence-corrected chi connectivity index (χ3v) is 4.20. The van der Waals surface area contributed by atoms with Gasteiger partial charge in [0, 0.05) is 12.0 Å². The number of likely N-dealkylation sites (N-methyl/N-ethyl adjacent to an activating group) is 1. The molecule has 0 bridgehead atoms. The van der Waals surface area contributed by atoms with Crippen molar-refractivity contribution in [3.63, 3.8) is 0 Å². The molecule has 2 nitrogen and oxygen atoms in total. The van der Waals surface area contributed by atoms with Gasteiger partial charge in [0.05, 0.1) is 7.11 Å². The normalized spacial score (nSPS) is 26.9. The molecule has 2 rings (SSSR count). The Morgan fingerprint density at radius 1 is 1.47 bits per heavy atom. The number of ether oxygens (including phenoxy) is 1. The molecule has 2 heteroatoms. The van der Waals surface area contributed by atoms with Crippen LogP contribution in [0.2, 0.25) is 0 Å². The molecule has 1 aliphatic carbocycles. The molecule has 94 valence electrons. The van der Waals surface area contributed by atoms with Crippen molar-refractivity contribution in [1.82, 2.24) is 5.32 Å². The molecule has 0 aromatic heterocycles. The first-order chi connectivity index (χ1) is 8.17. The summed E-state index contributed by atoms with van der Waals surface area (Å²) < 4.78 is 5.44. The van der Waals surface area contributed by atoms with Crippen molar-refractivity contribution < 1.29 is 4.74 Å². The van der Waals surface area contributed by atoms with Crippen molar-refractivity contribution in [2.45, 2.75) is 32.1 Å². The highest BCUT2D eigenvalue weighted by molar-refractivity contribution is 5.43. The van der Waals surface area contributed by atoms with Crippen LogP contribution in [0.25, 0.3) is 0 Å². The van der Waals surface area contributed by atoms with Crippen LogP contribution in [-0.4, -0.2) is 20.7 Å². The van der Waals surface area contributed by atoms with E-state index in [1.807, 2.05) is 7.05 Å². The third-order valence-electron chi connectivity index (χ3n) is 4.20. The summed E-state index contributed by atoms with van der Waals surface area (Å²) in [6, 6.07) is 6.67. The van der Waals surface area contributed by atoms with Crippen LogP contribution in [0.5, 0.6) is 5.75 Å². The van der Waals surface area contributed by atoms with E-state index in [0.29, 0.717) is 5.41 Å². The monoisotopic (exact) mass is 233 g/mol. The van der Waals surface area contributed by atoms with E-state index in [1.165, 1.54) is 24.0 Å². The Labute approximate surface area is 104 Å². The highest BCUT2D eigenvalue weighted by Gasteiger charge is 2.53. The van der Waals surface area contributed by atoms with Crippen LogP contribution in [0.4, 0.5) is 0 Å². The summed E-state index contributed by atoms with van der Waals surface area (Å²) >= 11 is 0. The van der Waals surface area contributed by atoms with Gasteiger partial charge in [-0.25, -0.2) is 0 Å². The maximum Gasteiger partial charge on any atom is 0.122 e. The van der Waals surface area contributed by atoms with Gasteiger partial charge in [0.1, 0.15) is 5.75 Å². The number of hydrogen-bond donors (Lipinski definition) is 1. The van der Waals surface area contributed by atoms with Crippen molar-refractivity contribution in [1.29, 1.82) is 0 Å². The Bertz CT molecular complexity index is 402. The molecule has 1 saturated carbocycles. The average molecular weight is 233 g/mol. The Morgan fingerprint density at radius 3 is 2.76 bits per heavy atom. The standard InChI is InChI=1S/C15H23NO/c1-5-12-9-15(12,10-16-3)13-7-6-11(2)14(8-13)17-4/h6-8,12,16H,5,9-10H2,1-4H3. The zero-order valence-electron chi connectivity index (χ0n) is 11.3. The van der Waals surface area contributed by atoms with E-state index in [9.17, 15) is 0 Å². The lowest BCUT2D eigenvalue weighted by molar-refractivity contribution is 0.410. The zero-order chi connectivity index (χ0) is 12.5. The molecular weight excluding hydrogens is 210 g/mol. The van der Waals surface area contributed by atoms with E-state index in [-0.39, 0.29) is 0 Å². The predicted octanol–water partition coefficient (Wildman–Crippen LogP) is 2.89. The van der Waals surface area contributed by atoms with E-state index < -0.39 is 0 Å². The van der Waals surface area contributed by atoms with Gasteiger partial charge >= 0.3 is 0 Å². The van der Waals surface area contributed by atoms with Crippen LogP contribution < -0.4 is 10.1 Å². The number of rotatable bonds is 5. The SMILES string of the molecule is CCC1CC1(CNC)c1ccc(C)c(OC)c1. The summed E-state index contributed by atoms with van der Waals surface area (Å²) in [4.78, 5) is 0. The van der Waals surface area contributed by atoms with E-state index in [2.05, 4.69) is 37.4 Å². The van der Waals surface area contributed by atoms with E-state index in [4.69, 9.17) is 4.74 Å². The molecule has 17 heavy (non-hydrogen) atoms. The first-order valence-electron chi connectivity index (χ1n) is 6.47. The van der Waals surface area contributed by atoms with Crippen molar-refractivity contribution >= 4 is 0 Å². The lowest BCUT2D eigenvalue weighted by Gasteiger charge is -2.19. The van der Waals surface area contributed by atoms with Crippen molar-refractivity contribution in [2.24, 2.45) is 5.92 Å². The Hall–Kier alpha value is -1.02. The first-order valence-corrected chi connectivity index (χ1v) is 6.47. The molecule has 1 N–H and O–H groups in total. The second-order valence-corrected chi connectivity index (χ2v) is 5.18. The Balaban J connectivity index is 2.32. The van der Waals surface area contributed by atoms with Gasteiger partial charge in [-0.1, -0.05) is 25.5 Å². The van der Waals surface area contributed by atoms with Crippen LogP contribution in [0.1, 0.15) is 30.9 Å². The average Bonchev–Trinajstić information content (AvgIpc) is 3.05. The number of aryl methyl sites for hydroxylation is 1. The fourth-order valence-corrected chi connectivity index (χ4v) is 3.03. The summed E-state index contributed by atoms with van der Waals surface area (Å²) in [6.07, 6.45) is 2.56. The molecule has 0 aliphatic heterocycles. The number of nitrogens with one attached hydrogen (secondary N) is 1. The second-order valence-electron chi connectivity index (χ2n) is 5.18. The fraction of sp³-hybridized carbons (Fsp3) is 0.600. The van der Waals surface area contributed by atoms with Crippen LogP contribution in [-0.2, 0) is 5.41 Å². The smallest absolute Gasteiger partial charge is 0.122 e. The molecule has 1 aromatic carbocycles. The van der Waals surface area contributed by atoms with Crippen LogP contribution >= 0.6 is 0 Å². The minimum Gasteiger partial charge on any atom is -0.496 e. The molecule has 0 heterocycles. The summed E-state index contributed by atoms with van der Waals surface area (Å²) in [5.74, 6) is 1.84. The van der Waals surface area contributed by atoms with Crippen molar-refractivity contribution in [2.75, 3.05) is 20.7 Å². The van der Waals surface area contributed by atoms with Crippen LogP contribution in [0.3, 0.4) is 0 Å². The minimum absolute atomic E-state index is 0.352. The van der Waals surface area contributed by atoms with Gasteiger partial charge in [0.15, 0.2) is 0 Å². The van der Waals surface area contributed by atoms with Gasteiger partial charge in [-0.3, -0.25) is 0 Å².